The number of aliphatic carboxylic acids is 2. The fourth-order valence-electron chi connectivity index (χ4n) is 1.18. The standard InChI is InChI=1S/C10H16N2O7/c1-19-8(15)3-2-6(10(17)18)12-9(16)5(11)4-7(13)14/h5-6H,2-4,11H2,1H3,(H,12,16)(H,13,14)(H,17,18). The van der Waals surface area contributed by atoms with Crippen molar-refractivity contribution < 1.29 is 34.1 Å². The first-order valence-electron chi connectivity index (χ1n) is 5.35. The normalized spacial score (nSPS) is 13.2. The summed E-state index contributed by atoms with van der Waals surface area (Å²) in [7, 11) is 1.15. The summed E-state index contributed by atoms with van der Waals surface area (Å²) in [5.74, 6) is -4.14. The number of esters is 1. The lowest BCUT2D eigenvalue weighted by Gasteiger charge is -2.16. The van der Waals surface area contributed by atoms with Gasteiger partial charge in [0.15, 0.2) is 0 Å². The highest BCUT2D eigenvalue weighted by molar-refractivity contribution is 5.89. The number of amides is 1. The van der Waals surface area contributed by atoms with Gasteiger partial charge in [0, 0.05) is 6.42 Å². The molecule has 9 heteroatoms. The molecule has 9 nitrogen and oxygen atoms in total. The van der Waals surface area contributed by atoms with Gasteiger partial charge >= 0.3 is 17.9 Å². The summed E-state index contributed by atoms with van der Waals surface area (Å²) in [5, 5.41) is 19.4. The molecule has 0 aromatic heterocycles. The number of rotatable bonds is 8. The molecule has 1 amide bonds. The van der Waals surface area contributed by atoms with Crippen molar-refractivity contribution >= 4 is 23.8 Å². The fraction of sp³-hybridized carbons (Fsp3) is 0.600. The van der Waals surface area contributed by atoms with Gasteiger partial charge < -0.3 is 26.0 Å². The fourth-order valence-corrected chi connectivity index (χ4v) is 1.18. The summed E-state index contributed by atoms with van der Waals surface area (Å²) in [6, 6.07) is -2.68. The van der Waals surface area contributed by atoms with E-state index in [4.69, 9.17) is 15.9 Å². The van der Waals surface area contributed by atoms with Crippen LogP contribution in [0.1, 0.15) is 19.3 Å². The Balaban J connectivity index is 4.41. The van der Waals surface area contributed by atoms with Gasteiger partial charge in [-0.2, -0.15) is 0 Å². The highest BCUT2D eigenvalue weighted by atomic mass is 16.5. The van der Waals surface area contributed by atoms with E-state index < -0.39 is 42.3 Å². The predicted octanol–water partition coefficient (Wildman–Crippen LogP) is -1.69. The first-order valence-corrected chi connectivity index (χ1v) is 5.35. The van der Waals surface area contributed by atoms with Crippen LogP contribution in [0.2, 0.25) is 0 Å². The molecule has 0 rings (SSSR count). The Morgan fingerprint density at radius 2 is 1.84 bits per heavy atom. The number of nitrogens with one attached hydrogen (secondary N) is 1. The van der Waals surface area contributed by atoms with E-state index in [1.807, 2.05) is 0 Å². The zero-order valence-corrected chi connectivity index (χ0v) is 10.3. The van der Waals surface area contributed by atoms with E-state index in [2.05, 4.69) is 10.1 Å². The Labute approximate surface area is 108 Å². The van der Waals surface area contributed by atoms with E-state index in [-0.39, 0.29) is 12.8 Å². The second-order valence-electron chi connectivity index (χ2n) is 3.72. The summed E-state index contributed by atoms with van der Waals surface area (Å²) in [6.45, 7) is 0. The third kappa shape index (κ3) is 6.99. The molecule has 0 radical (unpaired) electrons. The van der Waals surface area contributed by atoms with Gasteiger partial charge in [-0.05, 0) is 6.42 Å². The van der Waals surface area contributed by atoms with Crippen LogP contribution >= 0.6 is 0 Å². The highest BCUT2D eigenvalue weighted by Crippen LogP contribution is 2.01. The molecule has 0 fully saturated rings. The Hall–Kier alpha value is -2.16. The van der Waals surface area contributed by atoms with Crippen LogP contribution in [0.15, 0.2) is 0 Å². The van der Waals surface area contributed by atoms with Gasteiger partial charge in [-0.25, -0.2) is 4.79 Å². The topological polar surface area (TPSA) is 156 Å². The van der Waals surface area contributed by atoms with Crippen LogP contribution in [0.3, 0.4) is 0 Å². The van der Waals surface area contributed by atoms with Crippen molar-refractivity contribution in [3.8, 4) is 0 Å². The molecule has 2 unspecified atom stereocenters. The molecule has 0 bridgehead atoms. The number of carbonyl (C=O) groups is 4. The van der Waals surface area contributed by atoms with Crippen molar-refractivity contribution in [1.82, 2.24) is 5.32 Å². The summed E-state index contributed by atoms with van der Waals surface area (Å²) >= 11 is 0. The molecule has 5 N–H and O–H groups in total. The predicted molar refractivity (Wildman–Crippen MR) is 61.0 cm³/mol. The number of carbonyl (C=O) groups excluding carboxylic acids is 2. The maximum atomic E-state index is 11.4. The zero-order valence-electron chi connectivity index (χ0n) is 10.3. The molecule has 0 saturated carbocycles. The smallest absolute Gasteiger partial charge is 0.326 e. The van der Waals surface area contributed by atoms with Gasteiger partial charge in [0.2, 0.25) is 5.91 Å². The van der Waals surface area contributed by atoms with Crippen molar-refractivity contribution in [2.45, 2.75) is 31.3 Å². The number of hydrogen-bond donors (Lipinski definition) is 4. The lowest BCUT2D eigenvalue weighted by atomic mass is 10.1. The number of ether oxygens (including phenoxy) is 1. The number of nitrogens with two attached hydrogens (primary N) is 1. The molecule has 0 aliphatic heterocycles. The van der Waals surface area contributed by atoms with E-state index in [1.54, 1.807) is 0 Å². The number of hydrogen-bond acceptors (Lipinski definition) is 6. The Morgan fingerprint density at radius 1 is 1.26 bits per heavy atom. The van der Waals surface area contributed by atoms with Crippen molar-refractivity contribution in [1.29, 1.82) is 0 Å². The molecule has 108 valence electrons. The van der Waals surface area contributed by atoms with Crippen LogP contribution in [0, 0.1) is 0 Å². The highest BCUT2D eigenvalue weighted by Gasteiger charge is 2.25. The number of carboxylic acids is 2. The summed E-state index contributed by atoms with van der Waals surface area (Å²) in [6.07, 6.45) is -0.982. The van der Waals surface area contributed by atoms with E-state index >= 15 is 0 Å². The third-order valence-corrected chi connectivity index (χ3v) is 2.21. The van der Waals surface area contributed by atoms with Gasteiger partial charge in [0.1, 0.15) is 6.04 Å². The SMILES string of the molecule is COC(=O)CCC(NC(=O)C(N)CC(=O)O)C(=O)O. The van der Waals surface area contributed by atoms with Crippen molar-refractivity contribution in [2.24, 2.45) is 5.73 Å². The molecular weight excluding hydrogens is 260 g/mol. The number of carboxylic acid groups (broad SMARTS) is 2. The molecular formula is C10H16N2O7. The largest absolute Gasteiger partial charge is 0.481 e. The first-order chi connectivity index (χ1) is 8.77. The van der Waals surface area contributed by atoms with Gasteiger partial charge in [-0.15, -0.1) is 0 Å². The summed E-state index contributed by atoms with van der Waals surface area (Å²) < 4.78 is 4.34. The van der Waals surface area contributed by atoms with Gasteiger partial charge in [-0.3, -0.25) is 14.4 Å². The van der Waals surface area contributed by atoms with E-state index in [0.717, 1.165) is 7.11 Å². The molecule has 0 saturated heterocycles. The number of methoxy groups -OCH3 is 1. The summed E-state index contributed by atoms with van der Waals surface area (Å²) in [5.41, 5.74) is 5.27. The molecule has 0 spiro atoms. The second kappa shape index (κ2) is 8.03. The minimum atomic E-state index is -1.35. The first kappa shape index (κ1) is 16.8. The Kier molecular flexibility index (Phi) is 7.12. The maximum absolute atomic E-state index is 11.4. The minimum absolute atomic E-state index is 0.173. The summed E-state index contributed by atoms with van der Waals surface area (Å²) in [4.78, 5) is 43.5. The van der Waals surface area contributed by atoms with Crippen LogP contribution < -0.4 is 11.1 Å². The molecule has 0 heterocycles. The monoisotopic (exact) mass is 276 g/mol. The van der Waals surface area contributed by atoms with Crippen molar-refractivity contribution in [3.63, 3.8) is 0 Å². The molecule has 0 aliphatic rings. The van der Waals surface area contributed by atoms with Crippen LogP contribution in [0.25, 0.3) is 0 Å². The van der Waals surface area contributed by atoms with Gasteiger partial charge in [-0.1, -0.05) is 0 Å². The van der Waals surface area contributed by atoms with Gasteiger partial charge in [0.25, 0.3) is 0 Å². The second-order valence-corrected chi connectivity index (χ2v) is 3.72. The zero-order chi connectivity index (χ0) is 15.0. The quantitative estimate of drug-likeness (QED) is 0.382. The van der Waals surface area contributed by atoms with Crippen LogP contribution in [-0.4, -0.2) is 53.2 Å². The van der Waals surface area contributed by atoms with Crippen molar-refractivity contribution in [3.05, 3.63) is 0 Å². The van der Waals surface area contributed by atoms with Gasteiger partial charge in [0.05, 0.1) is 19.6 Å². The molecule has 19 heavy (non-hydrogen) atoms. The Morgan fingerprint density at radius 3 is 2.26 bits per heavy atom. The van der Waals surface area contributed by atoms with E-state index in [0.29, 0.717) is 0 Å². The van der Waals surface area contributed by atoms with Crippen LogP contribution in [0.5, 0.6) is 0 Å². The van der Waals surface area contributed by atoms with E-state index in [1.165, 1.54) is 0 Å². The molecule has 0 aromatic rings. The minimum Gasteiger partial charge on any atom is -0.481 e. The molecule has 0 aliphatic carbocycles. The average Bonchev–Trinajstić information content (AvgIpc) is 2.32. The molecule has 2 atom stereocenters. The molecule has 0 aromatic carbocycles. The van der Waals surface area contributed by atoms with Crippen molar-refractivity contribution in [2.75, 3.05) is 7.11 Å². The van der Waals surface area contributed by atoms with Crippen LogP contribution in [-0.2, 0) is 23.9 Å². The van der Waals surface area contributed by atoms with E-state index in [9.17, 15) is 19.2 Å². The van der Waals surface area contributed by atoms with Crippen LogP contribution in [0.4, 0.5) is 0 Å². The average molecular weight is 276 g/mol. The lowest BCUT2D eigenvalue weighted by Crippen LogP contribution is -2.49. The maximum Gasteiger partial charge on any atom is 0.326 e. The Bertz CT molecular complexity index is 369. The lowest BCUT2D eigenvalue weighted by molar-refractivity contribution is -0.144. The third-order valence-electron chi connectivity index (χ3n) is 2.21.